The summed E-state index contributed by atoms with van der Waals surface area (Å²) in [4.78, 5) is 0. The Bertz CT molecular complexity index is 490. The van der Waals surface area contributed by atoms with E-state index in [0.717, 1.165) is 37.9 Å². The van der Waals surface area contributed by atoms with Gasteiger partial charge < -0.3 is 4.57 Å². The summed E-state index contributed by atoms with van der Waals surface area (Å²) in [6.45, 7) is 6.80. The summed E-state index contributed by atoms with van der Waals surface area (Å²) in [5, 5.41) is 13.0. The molecule has 110 valence electrons. The van der Waals surface area contributed by atoms with Gasteiger partial charge in [-0.05, 0) is 19.3 Å². The van der Waals surface area contributed by atoms with Crippen LogP contribution >= 0.6 is 0 Å². The van der Waals surface area contributed by atoms with Crippen LogP contribution < -0.4 is 5.14 Å². The number of rotatable bonds is 8. The minimum Gasteiger partial charge on any atom is -0.301 e. The molecule has 0 spiro atoms. The zero-order chi connectivity index (χ0) is 14.5. The largest absolute Gasteiger partial charge is 0.301 e. The van der Waals surface area contributed by atoms with Crippen LogP contribution in [0.15, 0.2) is 5.16 Å². The highest BCUT2D eigenvalue weighted by molar-refractivity contribution is 7.89. The molecular formula is C12H24N4O2S. The van der Waals surface area contributed by atoms with E-state index >= 15 is 0 Å². The zero-order valence-corrected chi connectivity index (χ0v) is 12.8. The third kappa shape index (κ3) is 4.01. The fourth-order valence-electron chi connectivity index (χ4n) is 2.35. The molecule has 2 N–H and O–H groups in total. The predicted molar refractivity (Wildman–Crippen MR) is 74.2 cm³/mol. The van der Waals surface area contributed by atoms with Crippen molar-refractivity contribution in [3.63, 3.8) is 0 Å². The Kier molecular flexibility index (Phi) is 5.93. The third-order valence-electron chi connectivity index (χ3n) is 3.09. The van der Waals surface area contributed by atoms with E-state index in [9.17, 15) is 8.42 Å². The van der Waals surface area contributed by atoms with Crippen molar-refractivity contribution in [3.8, 4) is 0 Å². The van der Waals surface area contributed by atoms with Crippen LogP contribution in [0.2, 0.25) is 0 Å². The van der Waals surface area contributed by atoms with Crippen molar-refractivity contribution >= 4 is 10.0 Å². The van der Waals surface area contributed by atoms with Gasteiger partial charge in [0.15, 0.2) is 0 Å². The lowest BCUT2D eigenvalue weighted by Gasteiger charge is -2.16. The number of hydrogen-bond acceptors (Lipinski definition) is 4. The Balaban J connectivity index is 3.22. The predicted octanol–water partition coefficient (Wildman–Crippen LogP) is 2.02. The summed E-state index contributed by atoms with van der Waals surface area (Å²) in [5.41, 5.74) is 0. The second-order valence-corrected chi connectivity index (χ2v) is 6.27. The molecule has 1 aromatic heterocycles. The van der Waals surface area contributed by atoms with Crippen LogP contribution in [0.25, 0.3) is 0 Å². The van der Waals surface area contributed by atoms with Gasteiger partial charge in [0.2, 0.25) is 0 Å². The van der Waals surface area contributed by atoms with Crippen molar-refractivity contribution < 1.29 is 8.42 Å². The molecule has 0 aliphatic rings. The quantitative estimate of drug-likeness (QED) is 0.792. The standard InChI is InChI=1S/C12H24N4O2S/c1-4-7-10(8-5-2)11-14-15-12(19(13,17)18)16(11)9-6-3/h10H,4-9H2,1-3H3,(H2,13,17,18). The summed E-state index contributed by atoms with van der Waals surface area (Å²) in [6, 6.07) is 0. The third-order valence-corrected chi connectivity index (χ3v) is 3.90. The van der Waals surface area contributed by atoms with Gasteiger partial charge in [0.25, 0.3) is 15.2 Å². The molecule has 1 aromatic rings. The Morgan fingerprint density at radius 2 is 1.68 bits per heavy atom. The zero-order valence-electron chi connectivity index (χ0n) is 12.0. The van der Waals surface area contributed by atoms with E-state index in [1.807, 2.05) is 6.92 Å². The first-order chi connectivity index (χ1) is 8.95. The Labute approximate surface area is 115 Å². The average Bonchev–Trinajstić information content (AvgIpc) is 2.73. The summed E-state index contributed by atoms with van der Waals surface area (Å²) < 4.78 is 24.7. The number of aromatic nitrogens is 3. The van der Waals surface area contributed by atoms with Gasteiger partial charge in [-0.3, -0.25) is 0 Å². The van der Waals surface area contributed by atoms with Crippen LogP contribution in [0.5, 0.6) is 0 Å². The number of nitrogens with zero attached hydrogens (tertiary/aromatic N) is 3. The Morgan fingerprint density at radius 3 is 2.11 bits per heavy atom. The van der Waals surface area contributed by atoms with Crippen molar-refractivity contribution in [1.29, 1.82) is 0 Å². The van der Waals surface area contributed by atoms with E-state index in [2.05, 4.69) is 24.0 Å². The van der Waals surface area contributed by atoms with Gasteiger partial charge in [-0.2, -0.15) is 0 Å². The van der Waals surface area contributed by atoms with Gasteiger partial charge in [0.1, 0.15) is 5.82 Å². The van der Waals surface area contributed by atoms with E-state index < -0.39 is 10.0 Å². The molecule has 7 heteroatoms. The fourth-order valence-corrected chi connectivity index (χ4v) is 2.99. The average molecular weight is 288 g/mol. The highest BCUT2D eigenvalue weighted by Gasteiger charge is 2.24. The highest BCUT2D eigenvalue weighted by atomic mass is 32.2. The molecule has 0 radical (unpaired) electrons. The molecule has 0 aliphatic heterocycles. The summed E-state index contributed by atoms with van der Waals surface area (Å²) in [7, 11) is -3.81. The molecule has 0 saturated heterocycles. The number of primary sulfonamides is 1. The molecular weight excluding hydrogens is 264 g/mol. The molecule has 0 fully saturated rings. The summed E-state index contributed by atoms with van der Waals surface area (Å²) in [6.07, 6.45) is 4.86. The number of sulfonamides is 1. The Hall–Kier alpha value is -0.950. The van der Waals surface area contributed by atoms with Gasteiger partial charge in [0, 0.05) is 12.5 Å². The molecule has 1 rings (SSSR count). The van der Waals surface area contributed by atoms with Crippen LogP contribution in [0.4, 0.5) is 0 Å². The van der Waals surface area contributed by atoms with Crippen molar-refractivity contribution in [3.05, 3.63) is 5.82 Å². The fraction of sp³-hybridized carbons (Fsp3) is 0.833. The van der Waals surface area contributed by atoms with Crippen molar-refractivity contribution in [2.75, 3.05) is 0 Å². The smallest absolute Gasteiger partial charge is 0.273 e. The monoisotopic (exact) mass is 288 g/mol. The van der Waals surface area contributed by atoms with E-state index in [1.165, 1.54) is 0 Å². The van der Waals surface area contributed by atoms with Gasteiger partial charge in [0.05, 0.1) is 0 Å². The van der Waals surface area contributed by atoms with Crippen molar-refractivity contribution in [1.82, 2.24) is 14.8 Å². The van der Waals surface area contributed by atoms with Gasteiger partial charge in [-0.25, -0.2) is 13.6 Å². The van der Waals surface area contributed by atoms with E-state index in [4.69, 9.17) is 5.14 Å². The topological polar surface area (TPSA) is 90.9 Å². The van der Waals surface area contributed by atoms with Crippen molar-refractivity contribution in [2.24, 2.45) is 5.14 Å². The molecule has 19 heavy (non-hydrogen) atoms. The lowest BCUT2D eigenvalue weighted by atomic mass is 9.97. The second kappa shape index (κ2) is 7.00. The SMILES string of the molecule is CCCC(CCC)c1nnc(S(N)(=O)=O)n1CCC. The molecule has 1 heterocycles. The van der Waals surface area contributed by atoms with Crippen LogP contribution in [0.3, 0.4) is 0 Å². The highest BCUT2D eigenvalue weighted by Crippen LogP contribution is 2.26. The minimum absolute atomic E-state index is 0.110. The van der Waals surface area contributed by atoms with Gasteiger partial charge in [-0.1, -0.05) is 33.6 Å². The minimum atomic E-state index is -3.81. The number of hydrogen-bond donors (Lipinski definition) is 1. The van der Waals surface area contributed by atoms with Crippen LogP contribution in [0, 0.1) is 0 Å². The lowest BCUT2D eigenvalue weighted by molar-refractivity contribution is 0.482. The maximum atomic E-state index is 11.5. The van der Waals surface area contributed by atoms with Crippen LogP contribution in [-0.4, -0.2) is 23.2 Å². The first kappa shape index (κ1) is 16.1. The second-order valence-electron chi connectivity index (χ2n) is 4.81. The van der Waals surface area contributed by atoms with Crippen molar-refractivity contribution in [2.45, 2.75) is 70.5 Å². The molecule has 0 atom stereocenters. The van der Waals surface area contributed by atoms with Crippen LogP contribution in [0.1, 0.15) is 64.6 Å². The maximum Gasteiger partial charge on any atom is 0.273 e. The lowest BCUT2D eigenvalue weighted by Crippen LogP contribution is -2.20. The number of nitrogens with two attached hydrogens (primary N) is 1. The van der Waals surface area contributed by atoms with E-state index in [0.29, 0.717) is 6.54 Å². The van der Waals surface area contributed by atoms with Crippen LogP contribution in [-0.2, 0) is 16.6 Å². The molecule has 0 aliphatic carbocycles. The molecule has 0 bridgehead atoms. The first-order valence-corrected chi connectivity index (χ1v) is 8.46. The Morgan fingerprint density at radius 1 is 1.11 bits per heavy atom. The van der Waals surface area contributed by atoms with E-state index in [1.54, 1.807) is 4.57 Å². The molecule has 0 unspecified atom stereocenters. The summed E-state index contributed by atoms with van der Waals surface area (Å²) >= 11 is 0. The molecule has 0 amide bonds. The maximum absolute atomic E-state index is 11.5. The van der Waals surface area contributed by atoms with Gasteiger partial charge in [-0.15, -0.1) is 10.2 Å². The molecule has 0 aromatic carbocycles. The van der Waals surface area contributed by atoms with E-state index in [-0.39, 0.29) is 11.1 Å². The summed E-state index contributed by atoms with van der Waals surface area (Å²) in [5.74, 6) is 1.01. The normalized spacial score (nSPS) is 12.3. The van der Waals surface area contributed by atoms with Gasteiger partial charge >= 0.3 is 0 Å². The first-order valence-electron chi connectivity index (χ1n) is 6.91. The molecule has 0 saturated carbocycles. The molecule has 6 nitrogen and oxygen atoms in total.